The van der Waals surface area contributed by atoms with Crippen LogP contribution in [0, 0.1) is 0 Å². The molecule has 8 aromatic carbocycles. The van der Waals surface area contributed by atoms with E-state index < -0.39 is 0 Å². The molecule has 11 aromatic rings. The second kappa shape index (κ2) is 10.2. The van der Waals surface area contributed by atoms with Crippen molar-refractivity contribution in [3.05, 3.63) is 158 Å². The van der Waals surface area contributed by atoms with Crippen LogP contribution in [0.2, 0.25) is 0 Å². The lowest BCUT2D eigenvalue weighted by atomic mass is 9.85. The molecule has 3 aromatic heterocycles. The number of furan rings is 2. The molecule has 0 N–H and O–H groups in total. The van der Waals surface area contributed by atoms with Crippen molar-refractivity contribution in [2.75, 3.05) is 0 Å². The monoisotopic (exact) mass is 642 g/mol. The zero-order chi connectivity index (χ0) is 32.1. The molecule has 0 amide bonds. The molecule has 0 saturated heterocycles. The number of hydrogen-bond acceptors (Lipinski definition) is 3. The molecule has 11 rings (SSSR count). The van der Waals surface area contributed by atoms with Crippen molar-refractivity contribution in [1.82, 2.24) is 0 Å². The van der Waals surface area contributed by atoms with Crippen LogP contribution >= 0.6 is 11.3 Å². The predicted molar refractivity (Wildman–Crippen MR) is 208 cm³/mol. The van der Waals surface area contributed by atoms with Gasteiger partial charge in [0.1, 0.15) is 16.7 Å². The van der Waals surface area contributed by atoms with Crippen molar-refractivity contribution >= 4 is 86.0 Å². The van der Waals surface area contributed by atoms with Crippen LogP contribution in [0.5, 0.6) is 0 Å². The van der Waals surface area contributed by atoms with Crippen molar-refractivity contribution in [1.29, 1.82) is 0 Å². The highest BCUT2D eigenvalue weighted by molar-refractivity contribution is 7.25. The maximum absolute atomic E-state index is 6.63. The minimum absolute atomic E-state index is 0.826. The van der Waals surface area contributed by atoms with Gasteiger partial charge in [-0.2, -0.15) is 0 Å². The molecule has 0 saturated carbocycles. The Morgan fingerprint density at radius 2 is 0.959 bits per heavy atom. The molecule has 0 unspecified atom stereocenters. The van der Waals surface area contributed by atoms with Gasteiger partial charge in [0.05, 0.1) is 11.6 Å². The average molecular weight is 643 g/mol. The largest absolute Gasteiger partial charge is 0.464 e. The van der Waals surface area contributed by atoms with Gasteiger partial charge in [0, 0.05) is 36.5 Å². The predicted octanol–water partition coefficient (Wildman–Crippen LogP) is 14.0. The SMILES string of the molecule is c1ccc(-c2coc3ccc4c5cc(-c6c7ccccc7c(-c7ccc8c(c7)sc7ccccc78)c7ccccc67)ccc5oc4c23)cc1. The smallest absolute Gasteiger partial charge is 0.147 e. The fourth-order valence-electron chi connectivity index (χ4n) is 7.97. The summed E-state index contributed by atoms with van der Waals surface area (Å²) in [7, 11) is 0. The molecule has 0 bridgehead atoms. The Bertz CT molecular complexity index is 3050. The third-order valence-corrected chi connectivity index (χ3v) is 11.3. The first kappa shape index (κ1) is 26.9. The molecule has 3 heterocycles. The van der Waals surface area contributed by atoms with Gasteiger partial charge in [-0.15, -0.1) is 11.3 Å². The van der Waals surface area contributed by atoms with Gasteiger partial charge in [0.15, 0.2) is 0 Å². The second-order valence-corrected chi connectivity index (χ2v) is 13.9. The Kier molecular flexibility index (Phi) is 5.57. The molecular formula is C46H26O2S. The first-order valence-electron chi connectivity index (χ1n) is 16.6. The summed E-state index contributed by atoms with van der Waals surface area (Å²) in [5.41, 5.74) is 9.64. The van der Waals surface area contributed by atoms with E-state index >= 15 is 0 Å². The van der Waals surface area contributed by atoms with Gasteiger partial charge in [-0.3, -0.25) is 0 Å². The molecule has 2 nitrogen and oxygen atoms in total. The Morgan fingerprint density at radius 3 is 1.69 bits per heavy atom. The summed E-state index contributed by atoms with van der Waals surface area (Å²) < 4.78 is 15.3. The number of thiophene rings is 1. The minimum atomic E-state index is 0.826. The Morgan fingerprint density at radius 1 is 0.388 bits per heavy atom. The highest BCUT2D eigenvalue weighted by Gasteiger charge is 2.20. The normalized spacial score (nSPS) is 12.1. The molecule has 0 aliphatic heterocycles. The number of fused-ring (bicyclic) bond motifs is 10. The van der Waals surface area contributed by atoms with Crippen LogP contribution in [-0.2, 0) is 0 Å². The van der Waals surface area contributed by atoms with Crippen molar-refractivity contribution in [2.45, 2.75) is 0 Å². The van der Waals surface area contributed by atoms with Gasteiger partial charge in [0.25, 0.3) is 0 Å². The fraction of sp³-hybridized carbons (Fsp3) is 0. The Labute approximate surface area is 285 Å². The van der Waals surface area contributed by atoms with E-state index in [1.807, 2.05) is 23.7 Å². The maximum atomic E-state index is 6.63. The van der Waals surface area contributed by atoms with Crippen LogP contribution in [0.4, 0.5) is 0 Å². The zero-order valence-corrected chi connectivity index (χ0v) is 27.1. The van der Waals surface area contributed by atoms with Crippen molar-refractivity contribution in [3.8, 4) is 33.4 Å². The molecule has 3 heteroatoms. The van der Waals surface area contributed by atoms with Crippen LogP contribution < -0.4 is 0 Å². The van der Waals surface area contributed by atoms with Crippen molar-refractivity contribution < 1.29 is 8.83 Å². The van der Waals surface area contributed by atoms with E-state index in [1.54, 1.807) is 0 Å². The standard InChI is InChI=1S/C46H26O2S/c1-2-10-27(11-3-1)38-26-47-40-23-21-36-37-24-28(19-22-39(37)48-46(36)45(38)40)43-32-13-4-6-15-34(32)44(35-16-7-5-14-33(35)43)29-18-20-31-30-12-8-9-17-41(30)49-42(31)25-29/h1-26H. The van der Waals surface area contributed by atoms with Crippen LogP contribution in [-0.4, -0.2) is 0 Å². The highest BCUT2D eigenvalue weighted by atomic mass is 32.1. The fourth-order valence-corrected chi connectivity index (χ4v) is 9.12. The summed E-state index contributed by atoms with van der Waals surface area (Å²) in [4.78, 5) is 0. The highest BCUT2D eigenvalue weighted by Crippen LogP contribution is 2.47. The Hall–Kier alpha value is -6.16. The molecule has 0 radical (unpaired) electrons. The lowest BCUT2D eigenvalue weighted by molar-refractivity contribution is 0.616. The molecule has 0 aliphatic rings. The number of rotatable bonds is 3. The summed E-state index contributed by atoms with van der Waals surface area (Å²) in [5.74, 6) is 0. The molecular weight excluding hydrogens is 617 g/mol. The van der Waals surface area contributed by atoms with Gasteiger partial charge in [0.2, 0.25) is 0 Å². The molecule has 0 atom stereocenters. The van der Waals surface area contributed by atoms with E-state index in [2.05, 4.69) is 146 Å². The zero-order valence-electron chi connectivity index (χ0n) is 26.2. The van der Waals surface area contributed by atoms with Crippen LogP contribution in [0.25, 0.3) is 108 Å². The van der Waals surface area contributed by atoms with E-state index in [9.17, 15) is 0 Å². The quantitative estimate of drug-likeness (QED) is 0.179. The first-order valence-corrected chi connectivity index (χ1v) is 17.4. The van der Waals surface area contributed by atoms with Gasteiger partial charge in [-0.1, -0.05) is 115 Å². The van der Waals surface area contributed by atoms with E-state index in [-0.39, 0.29) is 0 Å². The molecule has 49 heavy (non-hydrogen) atoms. The third kappa shape index (κ3) is 3.88. The number of hydrogen-bond donors (Lipinski definition) is 0. The van der Waals surface area contributed by atoms with Crippen molar-refractivity contribution in [2.24, 2.45) is 0 Å². The van der Waals surface area contributed by atoms with E-state index in [0.29, 0.717) is 0 Å². The van der Waals surface area contributed by atoms with E-state index in [0.717, 1.165) is 44.0 Å². The number of benzene rings is 8. The van der Waals surface area contributed by atoms with E-state index in [4.69, 9.17) is 8.83 Å². The molecule has 0 fully saturated rings. The minimum Gasteiger partial charge on any atom is -0.464 e. The van der Waals surface area contributed by atoms with Crippen molar-refractivity contribution in [3.63, 3.8) is 0 Å². The first-order chi connectivity index (χ1) is 24.3. The van der Waals surface area contributed by atoms with Gasteiger partial charge < -0.3 is 8.83 Å². The van der Waals surface area contributed by atoms with Gasteiger partial charge in [-0.05, 0) is 85.8 Å². The maximum Gasteiger partial charge on any atom is 0.147 e. The molecule has 0 spiro atoms. The van der Waals surface area contributed by atoms with Crippen LogP contribution in [0.3, 0.4) is 0 Å². The third-order valence-electron chi connectivity index (χ3n) is 10.1. The lowest BCUT2D eigenvalue weighted by Gasteiger charge is -2.18. The Balaban J connectivity index is 1.16. The topological polar surface area (TPSA) is 26.3 Å². The second-order valence-electron chi connectivity index (χ2n) is 12.8. The summed E-state index contributed by atoms with van der Waals surface area (Å²) in [6.07, 6.45) is 1.84. The molecule has 0 aliphatic carbocycles. The van der Waals surface area contributed by atoms with E-state index in [1.165, 1.54) is 64.0 Å². The summed E-state index contributed by atoms with van der Waals surface area (Å²) in [5, 5.41) is 10.8. The van der Waals surface area contributed by atoms with Gasteiger partial charge >= 0.3 is 0 Å². The van der Waals surface area contributed by atoms with Crippen LogP contribution in [0.15, 0.2) is 167 Å². The van der Waals surface area contributed by atoms with Crippen LogP contribution in [0.1, 0.15) is 0 Å². The van der Waals surface area contributed by atoms with Gasteiger partial charge in [-0.25, -0.2) is 0 Å². The summed E-state index contributed by atoms with van der Waals surface area (Å²) in [6.45, 7) is 0. The lowest BCUT2D eigenvalue weighted by Crippen LogP contribution is -1.90. The average Bonchev–Trinajstić information content (AvgIpc) is 3.87. The molecule has 228 valence electrons. The summed E-state index contributed by atoms with van der Waals surface area (Å²) >= 11 is 1.87. The summed E-state index contributed by atoms with van der Waals surface area (Å²) in [6, 6.07) is 54.7.